The second kappa shape index (κ2) is 9.90. The number of rotatable bonds is 5. The van der Waals surface area contributed by atoms with Crippen LogP contribution in [0.15, 0.2) is 18.2 Å². The van der Waals surface area contributed by atoms with Crippen LogP contribution in [-0.4, -0.2) is 30.0 Å². The molecule has 0 unspecified atom stereocenters. The summed E-state index contributed by atoms with van der Waals surface area (Å²) < 4.78 is 47.1. The highest BCUT2D eigenvalue weighted by Crippen LogP contribution is 2.28. The lowest BCUT2D eigenvalue weighted by molar-refractivity contribution is -0.274. The first-order valence-corrected chi connectivity index (χ1v) is 9.92. The molecule has 0 spiro atoms. The van der Waals surface area contributed by atoms with Crippen LogP contribution in [-0.2, 0) is 16.1 Å². The zero-order valence-corrected chi connectivity index (χ0v) is 17.6. The van der Waals surface area contributed by atoms with Gasteiger partial charge in [0.05, 0.1) is 11.6 Å². The van der Waals surface area contributed by atoms with Gasteiger partial charge in [-0.15, -0.1) is 13.2 Å². The van der Waals surface area contributed by atoms with Gasteiger partial charge in [-0.05, 0) is 58.6 Å². The number of nitriles is 1. The lowest BCUT2D eigenvalue weighted by Crippen LogP contribution is -2.42. The van der Waals surface area contributed by atoms with Crippen LogP contribution in [0.2, 0.25) is 0 Å². The Morgan fingerprint density at radius 3 is 2.35 bits per heavy atom. The molecule has 0 saturated heterocycles. The molecule has 0 aromatic heterocycles. The maximum atomic E-state index is 12.6. The number of hydrogen-bond acceptors (Lipinski definition) is 5. The molecule has 1 saturated carbocycles. The Balaban J connectivity index is 1.87. The summed E-state index contributed by atoms with van der Waals surface area (Å²) in [7, 11) is 0. The third kappa shape index (κ3) is 8.36. The maximum Gasteiger partial charge on any atom is 0.573 e. The van der Waals surface area contributed by atoms with Gasteiger partial charge in [0, 0.05) is 24.1 Å². The summed E-state index contributed by atoms with van der Waals surface area (Å²) in [5.41, 5.74) is -0.462. The van der Waals surface area contributed by atoms with Gasteiger partial charge in [0.15, 0.2) is 0 Å². The lowest BCUT2D eigenvalue weighted by Gasteiger charge is -2.29. The number of carbonyl (C=O) groups excluding carboxylic acids is 2. The molecule has 170 valence electrons. The van der Waals surface area contributed by atoms with Gasteiger partial charge < -0.3 is 20.1 Å². The molecule has 31 heavy (non-hydrogen) atoms. The maximum absolute atomic E-state index is 12.6. The van der Waals surface area contributed by atoms with E-state index in [-0.39, 0.29) is 35.5 Å². The van der Waals surface area contributed by atoms with Gasteiger partial charge in [0.25, 0.3) is 0 Å². The Morgan fingerprint density at radius 2 is 1.81 bits per heavy atom. The second-order valence-electron chi connectivity index (χ2n) is 8.39. The van der Waals surface area contributed by atoms with Gasteiger partial charge in [0.1, 0.15) is 11.4 Å². The lowest BCUT2D eigenvalue weighted by atomic mass is 9.85. The fraction of sp³-hybridized carbons (Fsp3) is 0.571. The number of amides is 2. The van der Waals surface area contributed by atoms with E-state index >= 15 is 0 Å². The zero-order valence-electron chi connectivity index (χ0n) is 17.6. The molecular weight excluding hydrogens is 415 g/mol. The minimum atomic E-state index is -4.91. The van der Waals surface area contributed by atoms with Crippen molar-refractivity contribution in [1.82, 2.24) is 10.6 Å². The molecule has 1 fully saturated rings. The number of alkyl halides is 3. The van der Waals surface area contributed by atoms with Crippen molar-refractivity contribution in [3.63, 3.8) is 0 Å². The fourth-order valence-corrected chi connectivity index (χ4v) is 3.29. The first kappa shape index (κ1) is 24.3. The van der Waals surface area contributed by atoms with Crippen molar-refractivity contribution < 1.29 is 32.2 Å². The van der Waals surface area contributed by atoms with Crippen molar-refractivity contribution in [2.24, 2.45) is 5.92 Å². The van der Waals surface area contributed by atoms with Crippen molar-refractivity contribution in [3.05, 3.63) is 29.3 Å². The van der Waals surface area contributed by atoms with E-state index in [2.05, 4.69) is 15.4 Å². The van der Waals surface area contributed by atoms with E-state index in [4.69, 9.17) is 10.00 Å². The van der Waals surface area contributed by atoms with E-state index in [1.807, 2.05) is 0 Å². The van der Waals surface area contributed by atoms with Crippen LogP contribution in [0.5, 0.6) is 5.75 Å². The smallest absolute Gasteiger partial charge is 0.444 e. The van der Waals surface area contributed by atoms with E-state index in [0.29, 0.717) is 25.7 Å². The van der Waals surface area contributed by atoms with Crippen LogP contribution >= 0.6 is 0 Å². The summed E-state index contributed by atoms with van der Waals surface area (Å²) in [6.07, 6.45) is -3.16. The van der Waals surface area contributed by atoms with Crippen molar-refractivity contribution in [2.45, 2.75) is 71.0 Å². The van der Waals surface area contributed by atoms with Crippen LogP contribution in [0.25, 0.3) is 0 Å². The van der Waals surface area contributed by atoms with E-state index < -0.39 is 23.8 Å². The minimum Gasteiger partial charge on any atom is -0.444 e. The molecule has 7 nitrogen and oxygen atoms in total. The molecule has 1 aliphatic rings. The molecule has 2 amide bonds. The predicted molar refractivity (Wildman–Crippen MR) is 105 cm³/mol. The summed E-state index contributed by atoms with van der Waals surface area (Å²) in [4.78, 5) is 24.3. The highest BCUT2D eigenvalue weighted by molar-refractivity contribution is 5.78. The predicted octanol–water partition coefficient (Wildman–Crippen LogP) is 4.16. The molecule has 1 aromatic rings. The number of alkyl carbamates (subject to hydrolysis) is 1. The van der Waals surface area contributed by atoms with Crippen molar-refractivity contribution in [2.75, 3.05) is 0 Å². The molecule has 2 N–H and O–H groups in total. The summed E-state index contributed by atoms with van der Waals surface area (Å²) in [5.74, 6) is -1.10. The van der Waals surface area contributed by atoms with Gasteiger partial charge in [-0.2, -0.15) is 5.26 Å². The van der Waals surface area contributed by atoms with E-state index in [1.165, 1.54) is 12.1 Å². The first-order valence-electron chi connectivity index (χ1n) is 9.92. The number of hydrogen-bond donors (Lipinski definition) is 2. The van der Waals surface area contributed by atoms with Gasteiger partial charge >= 0.3 is 12.5 Å². The molecule has 0 bridgehead atoms. The number of nitrogens with zero attached hydrogens (tertiary/aromatic N) is 1. The van der Waals surface area contributed by atoms with Gasteiger partial charge in [-0.25, -0.2) is 4.79 Å². The van der Waals surface area contributed by atoms with Gasteiger partial charge in [0.2, 0.25) is 5.91 Å². The van der Waals surface area contributed by atoms with Crippen LogP contribution in [0, 0.1) is 17.2 Å². The van der Waals surface area contributed by atoms with E-state index in [1.54, 1.807) is 26.8 Å². The SMILES string of the molecule is CC(C)(C)OC(=O)N[C@H]1CC[C@@H](C(=O)NCc2ccc(C#N)cc2OC(F)(F)F)CC1. The molecule has 0 heterocycles. The number of carbonyl (C=O) groups is 2. The Kier molecular flexibility index (Phi) is 7.76. The van der Waals surface area contributed by atoms with Crippen molar-refractivity contribution in [3.8, 4) is 11.8 Å². The Morgan fingerprint density at radius 1 is 1.16 bits per heavy atom. The van der Waals surface area contributed by atoms with Crippen LogP contribution < -0.4 is 15.4 Å². The van der Waals surface area contributed by atoms with Gasteiger partial charge in [-0.3, -0.25) is 4.79 Å². The quantitative estimate of drug-likeness (QED) is 0.715. The molecule has 2 rings (SSSR count). The average molecular weight is 441 g/mol. The number of halogens is 3. The molecule has 0 aliphatic heterocycles. The molecular formula is C21H26F3N3O4. The number of nitrogens with one attached hydrogen (secondary N) is 2. The summed E-state index contributed by atoms with van der Waals surface area (Å²) >= 11 is 0. The summed E-state index contributed by atoms with van der Waals surface area (Å²) in [6, 6.07) is 5.33. The third-order valence-electron chi connectivity index (χ3n) is 4.69. The first-order chi connectivity index (χ1) is 14.4. The van der Waals surface area contributed by atoms with Crippen LogP contribution in [0.4, 0.5) is 18.0 Å². The monoisotopic (exact) mass is 441 g/mol. The zero-order chi connectivity index (χ0) is 23.2. The molecule has 1 aromatic carbocycles. The topological polar surface area (TPSA) is 100 Å². The highest BCUT2D eigenvalue weighted by Gasteiger charge is 2.33. The van der Waals surface area contributed by atoms with Crippen LogP contribution in [0.3, 0.4) is 0 Å². The standard InChI is InChI=1S/C21H26F3N3O4/c1-20(2,3)31-19(29)27-16-8-6-14(7-9-16)18(28)26-12-15-5-4-13(11-25)10-17(15)30-21(22,23)24/h4-5,10,14,16H,6-9,12H2,1-3H3,(H,26,28)(H,27,29)/t14-,16+. The van der Waals surface area contributed by atoms with Gasteiger partial charge in [-0.1, -0.05) is 6.07 Å². The fourth-order valence-electron chi connectivity index (χ4n) is 3.29. The largest absolute Gasteiger partial charge is 0.573 e. The summed E-state index contributed by atoms with van der Waals surface area (Å²) in [5, 5.41) is 14.3. The molecule has 10 heteroatoms. The molecule has 1 aliphatic carbocycles. The second-order valence-corrected chi connectivity index (χ2v) is 8.39. The van der Waals surface area contributed by atoms with E-state index in [9.17, 15) is 22.8 Å². The highest BCUT2D eigenvalue weighted by atomic mass is 19.4. The Hall–Kier alpha value is -2.96. The molecule has 0 atom stereocenters. The normalized spacial score (nSPS) is 19.1. The number of benzene rings is 1. The Labute approximate surface area is 178 Å². The third-order valence-corrected chi connectivity index (χ3v) is 4.69. The van der Waals surface area contributed by atoms with Crippen molar-refractivity contribution >= 4 is 12.0 Å². The number of ether oxygens (including phenoxy) is 2. The van der Waals surface area contributed by atoms with Crippen LogP contribution in [0.1, 0.15) is 57.6 Å². The summed E-state index contributed by atoms with van der Waals surface area (Å²) in [6.45, 7) is 5.15. The average Bonchev–Trinajstić information content (AvgIpc) is 2.64. The van der Waals surface area contributed by atoms with E-state index in [0.717, 1.165) is 6.07 Å². The van der Waals surface area contributed by atoms with Crippen molar-refractivity contribution in [1.29, 1.82) is 5.26 Å². The molecule has 0 radical (unpaired) electrons. The Bertz CT molecular complexity index is 836. The minimum absolute atomic E-state index is 0.0186.